The van der Waals surface area contributed by atoms with Crippen LogP contribution in [0.25, 0.3) is 0 Å². The summed E-state index contributed by atoms with van der Waals surface area (Å²) in [5.74, 6) is -1.30. The Balaban J connectivity index is 2.26. The number of amides is 2. The molecule has 0 aliphatic carbocycles. The fourth-order valence-corrected chi connectivity index (χ4v) is 3.25. The minimum atomic E-state index is -3.14. The number of anilines is 3. The molecule has 0 radical (unpaired) electrons. The lowest BCUT2D eigenvalue weighted by Crippen LogP contribution is -2.34. The lowest BCUT2D eigenvalue weighted by atomic mass is 10.0. The molecule has 2 aromatic rings. The van der Waals surface area contributed by atoms with Gasteiger partial charge in [-0.05, 0) is 24.6 Å². The van der Waals surface area contributed by atoms with Gasteiger partial charge in [-0.15, -0.1) is 0 Å². The number of sulfone groups is 1. The second-order valence-electron chi connectivity index (χ2n) is 6.83. The number of aromatic nitrogens is 2. The molecule has 10 nitrogen and oxygen atoms in total. The first-order valence-electron chi connectivity index (χ1n) is 8.72. The number of carbonyl (C=O) groups excluding carboxylic acids is 2. The lowest BCUT2D eigenvalue weighted by molar-refractivity contribution is -0.121. The summed E-state index contributed by atoms with van der Waals surface area (Å²) in [5.41, 5.74) is 11.8. The topological polar surface area (TPSA) is 170 Å². The molecule has 0 aliphatic rings. The van der Waals surface area contributed by atoms with Crippen molar-refractivity contribution in [2.24, 2.45) is 17.4 Å². The van der Waals surface area contributed by atoms with Gasteiger partial charge in [-0.25, -0.2) is 18.4 Å². The third kappa shape index (κ3) is 6.42. The summed E-state index contributed by atoms with van der Waals surface area (Å²) in [6, 6.07) is 6.30. The second kappa shape index (κ2) is 8.86. The van der Waals surface area contributed by atoms with Crippen LogP contribution in [0.1, 0.15) is 29.9 Å². The van der Waals surface area contributed by atoms with Crippen molar-refractivity contribution in [3.8, 4) is 0 Å². The third-order valence-corrected chi connectivity index (χ3v) is 5.08. The van der Waals surface area contributed by atoms with Gasteiger partial charge in [-0.3, -0.25) is 9.59 Å². The predicted octanol–water partition coefficient (Wildman–Crippen LogP) is 0.786. The van der Waals surface area contributed by atoms with Crippen molar-refractivity contribution in [2.45, 2.75) is 25.6 Å². The van der Waals surface area contributed by atoms with Gasteiger partial charge in [-0.2, -0.15) is 0 Å². The zero-order valence-corrected chi connectivity index (χ0v) is 17.2. The van der Waals surface area contributed by atoms with Crippen LogP contribution in [0.5, 0.6) is 0 Å². The normalized spacial score (nSPS) is 13.3. The maximum atomic E-state index is 11.7. The van der Waals surface area contributed by atoms with Crippen molar-refractivity contribution >= 4 is 39.0 Å². The Morgan fingerprint density at radius 3 is 2.28 bits per heavy atom. The maximum absolute atomic E-state index is 11.7. The van der Waals surface area contributed by atoms with Crippen LogP contribution in [-0.2, 0) is 20.4 Å². The van der Waals surface area contributed by atoms with E-state index < -0.39 is 27.6 Å². The van der Waals surface area contributed by atoms with Crippen LogP contribution in [0, 0.1) is 5.92 Å². The lowest BCUT2D eigenvalue weighted by Gasteiger charge is -2.19. The molecule has 0 spiro atoms. The van der Waals surface area contributed by atoms with Crippen molar-refractivity contribution in [2.75, 3.05) is 16.9 Å². The number of nitrogens with one attached hydrogen (secondary N) is 2. The van der Waals surface area contributed by atoms with E-state index in [1.54, 1.807) is 38.1 Å². The van der Waals surface area contributed by atoms with Crippen molar-refractivity contribution in [1.29, 1.82) is 0 Å². The number of primary amides is 2. The van der Waals surface area contributed by atoms with E-state index in [9.17, 15) is 18.0 Å². The first kappa shape index (κ1) is 22.1. The second-order valence-corrected chi connectivity index (χ2v) is 8.97. The van der Waals surface area contributed by atoms with E-state index in [0.29, 0.717) is 17.1 Å². The molecule has 0 aliphatic heterocycles. The van der Waals surface area contributed by atoms with Crippen LogP contribution < -0.4 is 22.1 Å². The monoisotopic (exact) mass is 420 g/mol. The van der Waals surface area contributed by atoms with Gasteiger partial charge in [0.25, 0.3) is 5.91 Å². The number of rotatable bonds is 9. The van der Waals surface area contributed by atoms with Gasteiger partial charge in [-0.1, -0.05) is 19.1 Å². The van der Waals surface area contributed by atoms with E-state index in [0.717, 1.165) is 6.26 Å². The summed E-state index contributed by atoms with van der Waals surface area (Å²) in [6.07, 6.45) is 2.50. The van der Waals surface area contributed by atoms with E-state index in [1.807, 2.05) is 0 Å². The average Bonchev–Trinajstić information content (AvgIpc) is 2.61. The van der Waals surface area contributed by atoms with Gasteiger partial charge < -0.3 is 22.1 Å². The molecule has 1 heterocycles. The minimum Gasteiger partial charge on any atom is -0.369 e. The molecule has 0 bridgehead atoms. The van der Waals surface area contributed by atoms with Gasteiger partial charge in [0.15, 0.2) is 21.3 Å². The quantitative estimate of drug-likeness (QED) is 0.461. The molecule has 2 unspecified atom stereocenters. The molecule has 0 fully saturated rings. The molecule has 156 valence electrons. The van der Waals surface area contributed by atoms with Gasteiger partial charge >= 0.3 is 0 Å². The fourth-order valence-electron chi connectivity index (χ4n) is 2.45. The van der Waals surface area contributed by atoms with Gasteiger partial charge in [0.2, 0.25) is 5.91 Å². The molecule has 1 aromatic carbocycles. The Kier molecular flexibility index (Phi) is 6.75. The number of nitrogens with zero attached hydrogens (tertiary/aromatic N) is 2. The predicted molar refractivity (Wildman–Crippen MR) is 110 cm³/mol. The maximum Gasteiger partial charge on any atom is 0.271 e. The Morgan fingerprint density at radius 2 is 1.76 bits per heavy atom. The standard InChI is InChI=1S/C18H24N6O4S/c1-10(16(19)25)11(2)22-14-8-21-15(17(20)26)18(24-14)23-13-6-4-12(5-7-13)9-29(3,27)28/h4-8,10-11H,9H2,1-3H3,(H2,19,25)(H2,20,26)(H2,22,23,24). The molecule has 2 atom stereocenters. The average molecular weight is 420 g/mol. The highest BCUT2D eigenvalue weighted by atomic mass is 32.2. The van der Waals surface area contributed by atoms with Crippen molar-refractivity contribution in [3.63, 3.8) is 0 Å². The molecule has 0 saturated heterocycles. The Bertz CT molecular complexity index is 1010. The van der Waals surface area contributed by atoms with Crippen LogP contribution in [0.4, 0.5) is 17.3 Å². The van der Waals surface area contributed by atoms with Crippen molar-refractivity contribution in [3.05, 3.63) is 41.7 Å². The van der Waals surface area contributed by atoms with Gasteiger partial charge in [0.1, 0.15) is 5.82 Å². The molecule has 1 aromatic heterocycles. The van der Waals surface area contributed by atoms with Crippen LogP contribution in [-0.4, -0.2) is 42.5 Å². The highest BCUT2D eigenvalue weighted by Crippen LogP contribution is 2.21. The number of carbonyl (C=O) groups is 2. The molecular formula is C18H24N6O4S. The molecule has 0 saturated carbocycles. The molecule has 11 heteroatoms. The van der Waals surface area contributed by atoms with Crippen LogP contribution in [0.15, 0.2) is 30.5 Å². The summed E-state index contributed by atoms with van der Waals surface area (Å²) in [5, 5.41) is 5.97. The van der Waals surface area contributed by atoms with E-state index in [2.05, 4.69) is 20.6 Å². The summed E-state index contributed by atoms with van der Waals surface area (Å²) in [6.45, 7) is 3.45. The summed E-state index contributed by atoms with van der Waals surface area (Å²) in [7, 11) is -3.14. The minimum absolute atomic E-state index is 0.0636. The van der Waals surface area contributed by atoms with Crippen molar-refractivity contribution < 1.29 is 18.0 Å². The zero-order chi connectivity index (χ0) is 21.8. The highest BCUT2D eigenvalue weighted by molar-refractivity contribution is 7.89. The molecule has 2 amide bonds. The first-order chi connectivity index (χ1) is 13.5. The molecule has 6 N–H and O–H groups in total. The largest absolute Gasteiger partial charge is 0.369 e. The van der Waals surface area contributed by atoms with Crippen LogP contribution >= 0.6 is 0 Å². The molecule has 29 heavy (non-hydrogen) atoms. The van der Waals surface area contributed by atoms with Gasteiger partial charge in [0.05, 0.1) is 17.9 Å². The zero-order valence-electron chi connectivity index (χ0n) is 16.3. The Hall–Kier alpha value is -3.21. The van der Waals surface area contributed by atoms with E-state index in [1.165, 1.54) is 6.20 Å². The Morgan fingerprint density at radius 1 is 1.14 bits per heavy atom. The number of nitrogens with two attached hydrogens (primary N) is 2. The van der Waals surface area contributed by atoms with Gasteiger partial charge in [0, 0.05) is 18.0 Å². The van der Waals surface area contributed by atoms with Crippen LogP contribution in [0.3, 0.4) is 0 Å². The van der Waals surface area contributed by atoms with Crippen molar-refractivity contribution in [1.82, 2.24) is 9.97 Å². The summed E-state index contributed by atoms with van der Waals surface area (Å²) >= 11 is 0. The fraction of sp³-hybridized carbons (Fsp3) is 0.333. The highest BCUT2D eigenvalue weighted by Gasteiger charge is 2.19. The summed E-state index contributed by atoms with van der Waals surface area (Å²) < 4.78 is 22.8. The molecule has 2 rings (SSSR count). The third-order valence-electron chi connectivity index (χ3n) is 4.23. The Labute approximate surface area is 169 Å². The first-order valence-corrected chi connectivity index (χ1v) is 10.8. The van der Waals surface area contributed by atoms with E-state index in [4.69, 9.17) is 11.5 Å². The van der Waals surface area contributed by atoms with Crippen LogP contribution in [0.2, 0.25) is 0 Å². The van der Waals surface area contributed by atoms with E-state index in [-0.39, 0.29) is 23.3 Å². The number of hydrogen-bond donors (Lipinski definition) is 4. The van der Waals surface area contributed by atoms with E-state index >= 15 is 0 Å². The summed E-state index contributed by atoms with van der Waals surface area (Å²) in [4.78, 5) is 31.4. The molecular weight excluding hydrogens is 396 g/mol. The SMILES string of the molecule is CC(Nc1cnc(C(N)=O)c(Nc2ccc(CS(C)(=O)=O)cc2)n1)C(C)C(N)=O. The smallest absolute Gasteiger partial charge is 0.271 e. The number of hydrogen-bond acceptors (Lipinski definition) is 8. The number of benzene rings is 1.